The molecule has 6 aliphatic rings. The number of carbonyl (C=O) groups is 2. The van der Waals surface area contributed by atoms with Crippen LogP contribution in [0.25, 0.3) is 0 Å². The van der Waals surface area contributed by atoms with Crippen LogP contribution in [0.1, 0.15) is 63.9 Å². The van der Waals surface area contributed by atoms with Crippen molar-refractivity contribution in [2.24, 2.45) is 28.1 Å². The number of likely N-dealkylation sites (tertiary alicyclic amines) is 1. The van der Waals surface area contributed by atoms with E-state index in [0.717, 1.165) is 43.4 Å². The number of hydrogen-bond acceptors (Lipinski definition) is 6. The fourth-order valence-corrected chi connectivity index (χ4v) is 8.86. The fraction of sp³-hybridized carbons (Fsp3) is 0.654. The van der Waals surface area contributed by atoms with Crippen molar-refractivity contribution in [3.63, 3.8) is 0 Å². The van der Waals surface area contributed by atoms with Crippen molar-refractivity contribution < 1.29 is 22.7 Å². The monoisotopic (exact) mass is 499 g/mol. The quantitative estimate of drug-likeness (QED) is 0.639. The van der Waals surface area contributed by atoms with Crippen molar-refractivity contribution in [1.82, 2.24) is 10.2 Å². The van der Waals surface area contributed by atoms with Gasteiger partial charge in [0.1, 0.15) is 4.90 Å². The molecule has 4 bridgehead atoms. The lowest BCUT2D eigenvalue weighted by atomic mass is 9.53. The summed E-state index contributed by atoms with van der Waals surface area (Å²) < 4.78 is 34.6. The number of nitrogens with one attached hydrogen (secondary N) is 1. The average molecular weight is 500 g/mol. The van der Waals surface area contributed by atoms with Gasteiger partial charge in [-0.3, -0.25) is 9.59 Å². The summed E-state index contributed by atoms with van der Waals surface area (Å²) in [4.78, 5) is 28.1. The lowest BCUT2D eigenvalue weighted by Crippen LogP contribution is -2.61. The molecule has 0 radical (unpaired) electrons. The molecule has 8 nitrogen and oxygen atoms in total. The maximum Gasteiger partial charge on any atom is 0.311 e. The summed E-state index contributed by atoms with van der Waals surface area (Å²) >= 11 is 0. The summed E-state index contributed by atoms with van der Waals surface area (Å²) in [5, 5.41) is 3.29. The van der Waals surface area contributed by atoms with E-state index in [1.807, 2.05) is 4.90 Å². The standard InChI is InChI=1S/C26H33N3O5S/c1-16(24(30)27-26-12-17-9-18(13-26)11-19(10-17)14-26)34-25(31)20-5-4-8-29(15-20)23-21-6-2-3-7-22(21)35(32,33)28-23/h2-3,6-7,16-20H,4-5,8-15H2,1H3,(H,27,30). The van der Waals surface area contributed by atoms with E-state index in [-0.39, 0.29) is 16.3 Å². The Morgan fingerprint density at radius 3 is 2.46 bits per heavy atom. The van der Waals surface area contributed by atoms with E-state index in [1.165, 1.54) is 19.3 Å². The highest BCUT2D eigenvalue weighted by atomic mass is 32.2. The Morgan fingerprint density at radius 1 is 1.11 bits per heavy atom. The largest absolute Gasteiger partial charge is 0.452 e. The Morgan fingerprint density at radius 2 is 1.77 bits per heavy atom. The zero-order valence-corrected chi connectivity index (χ0v) is 20.9. The SMILES string of the molecule is CC(OC(=O)C1CCCN(C2=NS(=O)(=O)c3ccccc32)C1)C(=O)NC12CC3CC(CC(C3)C1)C2. The molecular formula is C26H33N3O5S. The van der Waals surface area contributed by atoms with Crippen LogP contribution in [-0.2, 0) is 24.3 Å². The highest BCUT2D eigenvalue weighted by Gasteiger charge is 2.52. The van der Waals surface area contributed by atoms with Crippen molar-refractivity contribution >= 4 is 27.7 Å². The Balaban J connectivity index is 1.09. The van der Waals surface area contributed by atoms with Gasteiger partial charge < -0.3 is 15.0 Å². The highest BCUT2D eigenvalue weighted by Crippen LogP contribution is 2.55. The van der Waals surface area contributed by atoms with Crippen LogP contribution in [0.4, 0.5) is 0 Å². The number of esters is 1. The van der Waals surface area contributed by atoms with Gasteiger partial charge in [0.05, 0.1) is 5.92 Å². The van der Waals surface area contributed by atoms with E-state index < -0.39 is 28.0 Å². The van der Waals surface area contributed by atoms with Crippen LogP contribution >= 0.6 is 0 Å². The van der Waals surface area contributed by atoms with Crippen molar-refractivity contribution in [1.29, 1.82) is 0 Å². The third-order valence-corrected chi connectivity index (χ3v) is 10.1. The Bertz CT molecular complexity index is 1160. The predicted octanol–water partition coefficient (Wildman–Crippen LogP) is 2.86. The molecule has 4 saturated carbocycles. The number of benzene rings is 1. The molecular weight excluding hydrogens is 466 g/mol. The molecule has 0 aromatic heterocycles. The number of carbonyl (C=O) groups excluding carboxylic acids is 2. The molecule has 2 heterocycles. The normalized spacial score (nSPS) is 35.2. The molecule has 1 saturated heterocycles. The summed E-state index contributed by atoms with van der Waals surface area (Å²) in [6, 6.07) is 6.77. The molecule has 2 unspecified atom stereocenters. The minimum atomic E-state index is -3.72. The minimum Gasteiger partial charge on any atom is -0.452 e. The van der Waals surface area contributed by atoms with Gasteiger partial charge in [0.2, 0.25) is 0 Å². The van der Waals surface area contributed by atoms with Crippen molar-refractivity contribution in [2.75, 3.05) is 13.1 Å². The number of piperidine rings is 1. The summed E-state index contributed by atoms with van der Waals surface area (Å²) in [6.07, 6.45) is 7.56. The number of ether oxygens (including phenoxy) is 1. The van der Waals surface area contributed by atoms with E-state index in [1.54, 1.807) is 31.2 Å². The Kier molecular flexibility index (Phi) is 5.47. The zero-order chi connectivity index (χ0) is 24.4. The number of amides is 1. The van der Waals surface area contributed by atoms with Crippen molar-refractivity contribution in [3.05, 3.63) is 29.8 Å². The van der Waals surface area contributed by atoms with Gasteiger partial charge >= 0.3 is 5.97 Å². The first-order chi connectivity index (χ1) is 16.7. The smallest absolute Gasteiger partial charge is 0.311 e. The molecule has 5 fully saturated rings. The number of hydrogen-bond donors (Lipinski definition) is 1. The predicted molar refractivity (Wildman–Crippen MR) is 129 cm³/mol. The second kappa shape index (κ2) is 8.32. The van der Waals surface area contributed by atoms with E-state index in [9.17, 15) is 18.0 Å². The molecule has 2 aliphatic heterocycles. The van der Waals surface area contributed by atoms with Crippen LogP contribution < -0.4 is 5.32 Å². The highest BCUT2D eigenvalue weighted by molar-refractivity contribution is 7.90. The second-order valence-corrected chi connectivity index (χ2v) is 13.0. The van der Waals surface area contributed by atoms with Gasteiger partial charge in [-0.2, -0.15) is 8.42 Å². The van der Waals surface area contributed by atoms with E-state index in [0.29, 0.717) is 30.9 Å². The molecule has 1 amide bonds. The van der Waals surface area contributed by atoms with Crippen LogP contribution in [0, 0.1) is 23.7 Å². The first kappa shape index (κ1) is 23.0. The summed E-state index contributed by atoms with van der Waals surface area (Å²) in [6.45, 7) is 2.59. The van der Waals surface area contributed by atoms with E-state index in [4.69, 9.17) is 4.74 Å². The summed E-state index contributed by atoms with van der Waals surface area (Å²) in [7, 11) is -3.72. The zero-order valence-electron chi connectivity index (χ0n) is 20.1. The second-order valence-electron chi connectivity index (χ2n) is 11.4. The van der Waals surface area contributed by atoms with Gasteiger partial charge in [0.15, 0.2) is 11.9 Å². The first-order valence-corrected chi connectivity index (χ1v) is 14.4. The van der Waals surface area contributed by atoms with E-state index >= 15 is 0 Å². The van der Waals surface area contributed by atoms with Crippen LogP contribution in [0.5, 0.6) is 0 Å². The van der Waals surface area contributed by atoms with Crippen LogP contribution in [0.3, 0.4) is 0 Å². The first-order valence-electron chi connectivity index (χ1n) is 12.9. The number of sulfonamides is 1. The number of nitrogens with zero attached hydrogens (tertiary/aromatic N) is 2. The van der Waals surface area contributed by atoms with Crippen molar-refractivity contribution in [3.8, 4) is 0 Å². The number of fused-ring (bicyclic) bond motifs is 1. The van der Waals surface area contributed by atoms with Gasteiger partial charge in [-0.25, -0.2) is 0 Å². The van der Waals surface area contributed by atoms with Gasteiger partial charge in [0.25, 0.3) is 15.9 Å². The van der Waals surface area contributed by atoms with Crippen LogP contribution in [0.2, 0.25) is 0 Å². The third kappa shape index (κ3) is 4.15. The van der Waals surface area contributed by atoms with Crippen LogP contribution in [0.15, 0.2) is 33.6 Å². The molecule has 1 N–H and O–H groups in total. The summed E-state index contributed by atoms with van der Waals surface area (Å²) in [5.41, 5.74) is 0.457. The molecule has 35 heavy (non-hydrogen) atoms. The van der Waals surface area contributed by atoms with Crippen molar-refractivity contribution in [2.45, 2.75) is 74.8 Å². The molecule has 0 spiro atoms. The van der Waals surface area contributed by atoms with Crippen LogP contribution in [-0.4, -0.2) is 55.8 Å². The fourth-order valence-electron chi connectivity index (χ4n) is 7.63. The Labute approximate surface area is 206 Å². The van der Waals surface area contributed by atoms with Gasteiger partial charge in [-0.15, -0.1) is 4.40 Å². The molecule has 1 aromatic rings. The maximum atomic E-state index is 13.0. The maximum absolute atomic E-state index is 13.0. The lowest BCUT2D eigenvalue weighted by molar-refractivity contribution is -0.161. The van der Waals surface area contributed by atoms with Gasteiger partial charge in [-0.1, -0.05) is 12.1 Å². The molecule has 1 aromatic carbocycles. The van der Waals surface area contributed by atoms with Gasteiger partial charge in [-0.05, 0) is 88.2 Å². The summed E-state index contributed by atoms with van der Waals surface area (Å²) in [5.74, 6) is 1.52. The molecule has 9 heteroatoms. The topological polar surface area (TPSA) is 105 Å². The minimum absolute atomic E-state index is 0.117. The molecule has 7 rings (SSSR count). The molecule has 2 atom stereocenters. The Hall–Kier alpha value is -2.42. The molecule has 188 valence electrons. The van der Waals surface area contributed by atoms with E-state index in [2.05, 4.69) is 9.71 Å². The van der Waals surface area contributed by atoms with Gasteiger partial charge in [0, 0.05) is 24.2 Å². The number of rotatable bonds is 4. The number of amidine groups is 1. The third-order valence-electron chi connectivity index (χ3n) is 8.76. The molecule has 4 aliphatic carbocycles. The lowest BCUT2D eigenvalue weighted by Gasteiger charge is -2.57. The average Bonchev–Trinajstić information content (AvgIpc) is 3.09.